The Bertz CT molecular complexity index is 734. The van der Waals surface area contributed by atoms with Crippen LogP contribution in [0.15, 0.2) is 24.3 Å². The van der Waals surface area contributed by atoms with Crippen molar-refractivity contribution in [1.29, 1.82) is 0 Å². The number of carbonyl (C=O) groups excluding carboxylic acids is 1. The van der Waals surface area contributed by atoms with Crippen LogP contribution in [-0.2, 0) is 13.0 Å². The smallest absolute Gasteiger partial charge is 0.274 e. The van der Waals surface area contributed by atoms with Gasteiger partial charge in [-0.2, -0.15) is 0 Å². The summed E-state index contributed by atoms with van der Waals surface area (Å²) >= 11 is 5.71. The third-order valence-electron chi connectivity index (χ3n) is 3.86. The summed E-state index contributed by atoms with van der Waals surface area (Å²) in [5.41, 5.74) is 2.50. The fourth-order valence-electron chi connectivity index (χ4n) is 2.65. The molecular weight excluding hydrogens is 318 g/mol. The second-order valence-corrected chi connectivity index (χ2v) is 5.58. The molecule has 2 heterocycles. The van der Waals surface area contributed by atoms with Gasteiger partial charge in [0.2, 0.25) is 0 Å². The molecule has 6 nitrogen and oxygen atoms in total. The Labute approximate surface area is 139 Å². The molecule has 1 amide bonds. The van der Waals surface area contributed by atoms with Crippen molar-refractivity contribution in [3.05, 3.63) is 46.2 Å². The standard InChI is InChI=1S/C16H16ClN3O3/c1-22-13-7-10-5-6-20(9-11(10)8-14(13)23-2)16(21)12-3-4-15(17)19-18-12/h3-4,7-8H,5-6,9H2,1-2H3. The van der Waals surface area contributed by atoms with Crippen molar-refractivity contribution >= 4 is 17.5 Å². The Morgan fingerprint density at radius 3 is 2.43 bits per heavy atom. The Hall–Kier alpha value is -2.34. The van der Waals surface area contributed by atoms with Gasteiger partial charge in [0.1, 0.15) is 0 Å². The van der Waals surface area contributed by atoms with E-state index < -0.39 is 0 Å². The van der Waals surface area contributed by atoms with Crippen molar-refractivity contribution in [2.24, 2.45) is 0 Å². The molecule has 0 unspecified atom stereocenters. The van der Waals surface area contributed by atoms with Gasteiger partial charge in [-0.3, -0.25) is 4.79 Å². The first kappa shape index (κ1) is 15.6. The van der Waals surface area contributed by atoms with E-state index in [1.165, 1.54) is 0 Å². The zero-order chi connectivity index (χ0) is 16.4. The van der Waals surface area contributed by atoms with Crippen LogP contribution in [0.25, 0.3) is 0 Å². The Morgan fingerprint density at radius 1 is 1.13 bits per heavy atom. The van der Waals surface area contributed by atoms with Crippen molar-refractivity contribution in [2.75, 3.05) is 20.8 Å². The van der Waals surface area contributed by atoms with Crippen LogP contribution in [0.5, 0.6) is 11.5 Å². The van der Waals surface area contributed by atoms with Crippen molar-refractivity contribution in [3.63, 3.8) is 0 Å². The minimum absolute atomic E-state index is 0.158. The molecule has 1 aliphatic heterocycles. The lowest BCUT2D eigenvalue weighted by Crippen LogP contribution is -2.36. The second kappa shape index (κ2) is 6.42. The summed E-state index contributed by atoms with van der Waals surface area (Å²) in [6.07, 6.45) is 0.752. The fourth-order valence-corrected chi connectivity index (χ4v) is 2.75. The molecule has 7 heteroatoms. The molecule has 2 aromatic rings. The van der Waals surface area contributed by atoms with Crippen molar-refractivity contribution in [1.82, 2.24) is 15.1 Å². The number of ether oxygens (including phenoxy) is 2. The molecule has 1 aromatic carbocycles. The zero-order valence-corrected chi connectivity index (χ0v) is 13.6. The molecule has 120 valence electrons. The van der Waals surface area contributed by atoms with E-state index in [-0.39, 0.29) is 11.1 Å². The van der Waals surface area contributed by atoms with Crippen molar-refractivity contribution in [2.45, 2.75) is 13.0 Å². The fraction of sp³-hybridized carbons (Fsp3) is 0.312. The minimum atomic E-state index is -0.158. The summed E-state index contributed by atoms with van der Waals surface area (Å²) in [5, 5.41) is 7.84. The number of halogens is 1. The van der Waals surface area contributed by atoms with Crippen molar-refractivity contribution < 1.29 is 14.3 Å². The largest absolute Gasteiger partial charge is 0.493 e. The minimum Gasteiger partial charge on any atom is -0.493 e. The normalized spacial score (nSPS) is 13.4. The topological polar surface area (TPSA) is 64.6 Å². The summed E-state index contributed by atoms with van der Waals surface area (Å²) in [7, 11) is 3.21. The first-order valence-electron chi connectivity index (χ1n) is 7.14. The van der Waals surface area contributed by atoms with Crippen LogP contribution in [0.3, 0.4) is 0 Å². The summed E-state index contributed by atoms with van der Waals surface area (Å²) in [4.78, 5) is 14.3. The number of fused-ring (bicyclic) bond motifs is 1. The molecule has 0 saturated heterocycles. The number of methoxy groups -OCH3 is 2. The van der Waals surface area contributed by atoms with E-state index in [4.69, 9.17) is 21.1 Å². The molecule has 0 aliphatic carbocycles. The average Bonchev–Trinajstić information content (AvgIpc) is 2.60. The van der Waals surface area contributed by atoms with Crippen LogP contribution in [0.4, 0.5) is 0 Å². The molecule has 0 bridgehead atoms. The summed E-state index contributed by atoms with van der Waals surface area (Å²) in [6.45, 7) is 1.12. The van der Waals surface area contributed by atoms with Gasteiger partial charge in [0.05, 0.1) is 14.2 Å². The molecule has 0 spiro atoms. The maximum absolute atomic E-state index is 12.5. The highest BCUT2D eigenvalue weighted by atomic mass is 35.5. The first-order valence-corrected chi connectivity index (χ1v) is 7.52. The lowest BCUT2D eigenvalue weighted by atomic mass is 9.98. The van der Waals surface area contributed by atoms with Gasteiger partial charge in [0, 0.05) is 13.1 Å². The van der Waals surface area contributed by atoms with Gasteiger partial charge in [-0.25, -0.2) is 0 Å². The third kappa shape index (κ3) is 3.07. The highest BCUT2D eigenvalue weighted by molar-refractivity contribution is 6.29. The van der Waals surface area contributed by atoms with Crippen LogP contribution in [-0.4, -0.2) is 41.8 Å². The number of hydrogen-bond acceptors (Lipinski definition) is 5. The van der Waals surface area contributed by atoms with Gasteiger partial charge >= 0.3 is 0 Å². The monoisotopic (exact) mass is 333 g/mol. The van der Waals surface area contributed by atoms with Gasteiger partial charge in [-0.15, -0.1) is 10.2 Å². The van der Waals surface area contributed by atoms with E-state index in [2.05, 4.69) is 10.2 Å². The maximum Gasteiger partial charge on any atom is 0.274 e. The van der Waals surface area contributed by atoms with E-state index in [0.717, 1.165) is 17.5 Å². The Balaban J connectivity index is 1.84. The van der Waals surface area contributed by atoms with E-state index in [0.29, 0.717) is 30.3 Å². The molecule has 0 atom stereocenters. The predicted octanol–water partition coefficient (Wildman–Crippen LogP) is 2.35. The van der Waals surface area contributed by atoms with Gasteiger partial charge < -0.3 is 14.4 Å². The van der Waals surface area contributed by atoms with Crippen LogP contribution in [0.2, 0.25) is 5.15 Å². The molecule has 0 radical (unpaired) electrons. The van der Waals surface area contributed by atoms with E-state index in [1.54, 1.807) is 31.3 Å². The predicted molar refractivity (Wildman–Crippen MR) is 85.0 cm³/mol. The van der Waals surface area contributed by atoms with Gasteiger partial charge in [0.15, 0.2) is 22.3 Å². The van der Waals surface area contributed by atoms with Crippen LogP contribution < -0.4 is 9.47 Å². The van der Waals surface area contributed by atoms with Crippen molar-refractivity contribution in [3.8, 4) is 11.5 Å². The summed E-state index contributed by atoms with van der Waals surface area (Å²) in [6, 6.07) is 7.04. The second-order valence-electron chi connectivity index (χ2n) is 5.19. The molecule has 23 heavy (non-hydrogen) atoms. The number of benzene rings is 1. The number of hydrogen-bond donors (Lipinski definition) is 0. The first-order chi connectivity index (χ1) is 11.1. The molecule has 1 aliphatic rings. The molecule has 3 rings (SSSR count). The molecule has 0 saturated carbocycles. The van der Waals surface area contributed by atoms with E-state index in [9.17, 15) is 4.79 Å². The molecule has 0 fully saturated rings. The Kier molecular flexibility index (Phi) is 4.34. The SMILES string of the molecule is COc1cc2c(cc1OC)CN(C(=O)c1ccc(Cl)nn1)CC2. The van der Waals surface area contributed by atoms with Crippen LogP contribution in [0.1, 0.15) is 21.6 Å². The van der Waals surface area contributed by atoms with E-state index in [1.807, 2.05) is 12.1 Å². The molecule has 1 aromatic heterocycles. The van der Waals surface area contributed by atoms with Crippen LogP contribution in [0, 0.1) is 0 Å². The van der Waals surface area contributed by atoms with Gasteiger partial charge in [-0.05, 0) is 41.8 Å². The third-order valence-corrected chi connectivity index (χ3v) is 4.06. The summed E-state index contributed by atoms with van der Waals surface area (Å²) < 4.78 is 10.7. The average molecular weight is 334 g/mol. The number of carbonyl (C=O) groups is 1. The summed E-state index contributed by atoms with van der Waals surface area (Å²) in [5.74, 6) is 1.20. The maximum atomic E-state index is 12.5. The lowest BCUT2D eigenvalue weighted by molar-refractivity contribution is 0.0727. The number of rotatable bonds is 3. The number of aromatic nitrogens is 2. The number of amides is 1. The molecular formula is C16H16ClN3O3. The lowest BCUT2D eigenvalue weighted by Gasteiger charge is -2.29. The van der Waals surface area contributed by atoms with Gasteiger partial charge in [-0.1, -0.05) is 11.6 Å². The van der Waals surface area contributed by atoms with Gasteiger partial charge in [0.25, 0.3) is 5.91 Å². The number of nitrogens with zero attached hydrogens (tertiary/aromatic N) is 3. The quantitative estimate of drug-likeness (QED) is 0.862. The van der Waals surface area contributed by atoms with Crippen LogP contribution >= 0.6 is 11.6 Å². The highest BCUT2D eigenvalue weighted by Gasteiger charge is 2.24. The highest BCUT2D eigenvalue weighted by Crippen LogP contribution is 2.33. The molecule has 0 N–H and O–H groups in total. The van der Waals surface area contributed by atoms with E-state index >= 15 is 0 Å². The zero-order valence-electron chi connectivity index (χ0n) is 12.9. The Morgan fingerprint density at radius 2 is 1.83 bits per heavy atom.